The third-order valence-electron chi connectivity index (χ3n) is 7.16. The molecule has 3 heterocycles. The molecule has 1 atom stereocenters. The van der Waals surface area contributed by atoms with Crippen LogP contribution in [0.5, 0.6) is 5.75 Å². The van der Waals surface area contributed by atoms with Crippen LogP contribution < -0.4 is 10.2 Å². The first-order valence-corrected chi connectivity index (χ1v) is 12.6. The molecule has 1 aromatic heterocycles. The van der Waals surface area contributed by atoms with Gasteiger partial charge in [0.1, 0.15) is 17.9 Å². The standard InChI is InChI=1S/C30H28N2O5/c1-2-16-36-22-8-5-7-21(19-22)26-25-27(33)24-11-10-20-6-3-4-9-23(20)28(24)37-29(25)30(34)32(26)13-12-31-14-17-35-18-15-31/h2-11,19,26H,1,12-18H2. The number of nitrogens with zero attached hydrogens (tertiary/aromatic N) is 2. The molecule has 7 heteroatoms. The van der Waals surface area contributed by atoms with E-state index >= 15 is 0 Å². The highest BCUT2D eigenvalue weighted by molar-refractivity contribution is 6.06. The molecular weight excluding hydrogens is 468 g/mol. The number of carbonyl (C=O) groups excluding carboxylic acids is 1. The summed E-state index contributed by atoms with van der Waals surface area (Å²) in [5, 5.41) is 2.25. The SMILES string of the molecule is C=CCOc1cccc(C2c3c(oc4c(ccc5ccccc54)c3=O)C(=O)N2CCN2CCOCC2)c1. The number of ether oxygens (including phenoxy) is 2. The van der Waals surface area contributed by atoms with Crippen molar-refractivity contribution in [2.24, 2.45) is 0 Å². The number of fused-ring (bicyclic) bond motifs is 4. The molecule has 1 saturated heterocycles. The predicted octanol–water partition coefficient (Wildman–Crippen LogP) is 4.39. The van der Waals surface area contributed by atoms with Crippen LogP contribution in [0, 0.1) is 0 Å². The van der Waals surface area contributed by atoms with Crippen LogP contribution in [0.1, 0.15) is 27.7 Å². The van der Waals surface area contributed by atoms with Crippen molar-refractivity contribution in [1.82, 2.24) is 9.80 Å². The summed E-state index contributed by atoms with van der Waals surface area (Å²) < 4.78 is 17.5. The van der Waals surface area contributed by atoms with Crippen LogP contribution in [0.3, 0.4) is 0 Å². The van der Waals surface area contributed by atoms with Crippen LogP contribution in [0.15, 0.2) is 82.5 Å². The molecule has 0 N–H and O–H groups in total. The number of hydrogen-bond donors (Lipinski definition) is 0. The minimum absolute atomic E-state index is 0.123. The molecule has 0 bridgehead atoms. The fraction of sp³-hybridized carbons (Fsp3) is 0.267. The summed E-state index contributed by atoms with van der Waals surface area (Å²) in [6.45, 7) is 8.21. The van der Waals surface area contributed by atoms with Crippen molar-refractivity contribution in [3.63, 3.8) is 0 Å². The van der Waals surface area contributed by atoms with Gasteiger partial charge < -0.3 is 18.8 Å². The molecule has 0 aliphatic carbocycles. The minimum atomic E-state index is -0.567. The zero-order chi connectivity index (χ0) is 25.4. The quantitative estimate of drug-likeness (QED) is 0.279. The third-order valence-corrected chi connectivity index (χ3v) is 7.16. The molecule has 0 spiro atoms. The van der Waals surface area contributed by atoms with E-state index in [1.54, 1.807) is 17.0 Å². The van der Waals surface area contributed by atoms with Gasteiger partial charge in [0.15, 0.2) is 5.43 Å². The summed E-state index contributed by atoms with van der Waals surface area (Å²) in [5.74, 6) is 0.512. The maximum Gasteiger partial charge on any atom is 0.290 e. The van der Waals surface area contributed by atoms with E-state index in [1.165, 1.54) is 0 Å². The third kappa shape index (κ3) is 4.20. The maximum atomic E-state index is 14.0. The zero-order valence-electron chi connectivity index (χ0n) is 20.5. The van der Waals surface area contributed by atoms with Gasteiger partial charge in [0.25, 0.3) is 5.91 Å². The number of benzene rings is 3. The van der Waals surface area contributed by atoms with E-state index < -0.39 is 6.04 Å². The van der Waals surface area contributed by atoms with E-state index in [9.17, 15) is 9.59 Å². The van der Waals surface area contributed by atoms with Gasteiger partial charge in [-0.25, -0.2) is 0 Å². The fourth-order valence-corrected chi connectivity index (χ4v) is 5.33. The number of hydrogen-bond acceptors (Lipinski definition) is 6. The van der Waals surface area contributed by atoms with E-state index in [0.29, 0.717) is 55.2 Å². The lowest BCUT2D eigenvalue weighted by Gasteiger charge is -2.31. The van der Waals surface area contributed by atoms with Crippen molar-refractivity contribution in [2.45, 2.75) is 6.04 Å². The van der Waals surface area contributed by atoms with Gasteiger partial charge in [0.2, 0.25) is 5.76 Å². The summed E-state index contributed by atoms with van der Waals surface area (Å²) in [4.78, 5) is 31.9. The van der Waals surface area contributed by atoms with Crippen LogP contribution in [0.25, 0.3) is 21.7 Å². The Morgan fingerprint density at radius 3 is 2.65 bits per heavy atom. The summed E-state index contributed by atoms with van der Waals surface area (Å²) in [6.07, 6.45) is 1.68. The molecule has 0 saturated carbocycles. The summed E-state index contributed by atoms with van der Waals surface area (Å²) in [7, 11) is 0. The van der Waals surface area contributed by atoms with Gasteiger partial charge in [0, 0.05) is 31.6 Å². The van der Waals surface area contributed by atoms with Gasteiger partial charge >= 0.3 is 0 Å². The Kier molecular flexibility index (Phi) is 6.24. The number of morpholine rings is 1. The van der Waals surface area contributed by atoms with Crippen molar-refractivity contribution >= 4 is 27.6 Å². The van der Waals surface area contributed by atoms with Gasteiger partial charge in [-0.2, -0.15) is 0 Å². The largest absolute Gasteiger partial charge is 0.490 e. The molecule has 2 aliphatic rings. The Bertz CT molecular complexity index is 1550. The van der Waals surface area contributed by atoms with Gasteiger partial charge in [0.05, 0.1) is 30.2 Å². The molecular formula is C30H28N2O5. The van der Waals surface area contributed by atoms with E-state index in [-0.39, 0.29) is 17.1 Å². The van der Waals surface area contributed by atoms with E-state index in [0.717, 1.165) is 29.4 Å². The first-order chi connectivity index (χ1) is 18.2. The second-order valence-corrected chi connectivity index (χ2v) is 9.36. The van der Waals surface area contributed by atoms with E-state index in [4.69, 9.17) is 13.9 Å². The second kappa shape index (κ2) is 9.84. The normalized spacial score (nSPS) is 17.9. The predicted molar refractivity (Wildman–Crippen MR) is 142 cm³/mol. The smallest absolute Gasteiger partial charge is 0.290 e. The fourth-order valence-electron chi connectivity index (χ4n) is 5.33. The van der Waals surface area contributed by atoms with E-state index in [1.807, 2.05) is 54.6 Å². The summed E-state index contributed by atoms with van der Waals surface area (Å²) in [6, 6.07) is 18.4. The van der Waals surface area contributed by atoms with Crippen LogP contribution in [-0.2, 0) is 4.74 Å². The number of rotatable bonds is 7. The number of carbonyl (C=O) groups is 1. The average molecular weight is 497 g/mol. The molecule has 3 aromatic carbocycles. The molecule has 37 heavy (non-hydrogen) atoms. The van der Waals surface area contributed by atoms with Gasteiger partial charge in [-0.3, -0.25) is 14.5 Å². The van der Waals surface area contributed by atoms with Crippen molar-refractivity contribution in [3.05, 3.63) is 100 Å². The Morgan fingerprint density at radius 1 is 0.973 bits per heavy atom. The zero-order valence-corrected chi connectivity index (χ0v) is 20.5. The topological polar surface area (TPSA) is 72.2 Å². The highest BCUT2D eigenvalue weighted by Crippen LogP contribution is 2.40. The molecule has 0 radical (unpaired) electrons. The molecule has 1 unspecified atom stereocenters. The monoisotopic (exact) mass is 496 g/mol. The Morgan fingerprint density at radius 2 is 1.81 bits per heavy atom. The van der Waals surface area contributed by atoms with Crippen molar-refractivity contribution < 1.29 is 18.7 Å². The molecule has 1 amide bonds. The van der Waals surface area contributed by atoms with Crippen molar-refractivity contribution in [2.75, 3.05) is 46.0 Å². The molecule has 2 aliphatic heterocycles. The Labute approximate surface area is 214 Å². The second-order valence-electron chi connectivity index (χ2n) is 9.36. The van der Waals surface area contributed by atoms with Gasteiger partial charge in [-0.1, -0.05) is 55.1 Å². The summed E-state index contributed by atoms with van der Waals surface area (Å²) >= 11 is 0. The molecule has 6 rings (SSSR count). The van der Waals surface area contributed by atoms with Gasteiger partial charge in [-0.15, -0.1) is 0 Å². The van der Waals surface area contributed by atoms with Crippen molar-refractivity contribution in [3.8, 4) is 5.75 Å². The average Bonchev–Trinajstić information content (AvgIpc) is 3.23. The van der Waals surface area contributed by atoms with Crippen LogP contribution in [-0.4, -0.2) is 61.7 Å². The highest BCUT2D eigenvalue weighted by Gasteiger charge is 2.43. The summed E-state index contributed by atoms with van der Waals surface area (Å²) in [5.41, 5.74) is 1.47. The Balaban J connectivity index is 1.49. The molecule has 188 valence electrons. The Hall–Kier alpha value is -3.94. The van der Waals surface area contributed by atoms with Crippen LogP contribution in [0.4, 0.5) is 0 Å². The maximum absolute atomic E-state index is 14.0. The number of amides is 1. The molecule has 1 fully saturated rings. The van der Waals surface area contributed by atoms with Gasteiger partial charge in [-0.05, 0) is 29.1 Å². The minimum Gasteiger partial charge on any atom is -0.490 e. The van der Waals surface area contributed by atoms with E-state index in [2.05, 4.69) is 11.5 Å². The lowest BCUT2D eigenvalue weighted by atomic mass is 9.97. The van der Waals surface area contributed by atoms with Crippen molar-refractivity contribution in [1.29, 1.82) is 0 Å². The first kappa shape index (κ1) is 23.5. The lowest BCUT2D eigenvalue weighted by Crippen LogP contribution is -2.42. The highest BCUT2D eigenvalue weighted by atomic mass is 16.5. The first-order valence-electron chi connectivity index (χ1n) is 12.6. The van der Waals surface area contributed by atoms with Crippen LogP contribution in [0.2, 0.25) is 0 Å². The lowest BCUT2D eigenvalue weighted by molar-refractivity contribution is 0.0314. The van der Waals surface area contributed by atoms with Crippen LogP contribution >= 0.6 is 0 Å². The molecule has 7 nitrogen and oxygen atoms in total. The molecule has 4 aromatic rings.